The van der Waals surface area contributed by atoms with Gasteiger partial charge in [-0.05, 0) is 55.2 Å². The highest BCUT2D eigenvalue weighted by Gasteiger charge is 2.33. The van der Waals surface area contributed by atoms with Gasteiger partial charge < -0.3 is 10.4 Å². The molecule has 3 rings (SSSR count). The van der Waals surface area contributed by atoms with Crippen LogP contribution in [0.25, 0.3) is 0 Å². The van der Waals surface area contributed by atoms with E-state index in [1.54, 1.807) is 0 Å². The van der Waals surface area contributed by atoms with Gasteiger partial charge in [0.15, 0.2) is 0 Å². The van der Waals surface area contributed by atoms with E-state index in [0.717, 1.165) is 28.6 Å². The zero-order valence-electron chi connectivity index (χ0n) is 16.1. The van der Waals surface area contributed by atoms with E-state index < -0.39 is 38.6 Å². The minimum atomic E-state index is -4.28. The molecule has 2 atom stereocenters. The number of carbonyl (C=O) groups is 1. The fourth-order valence-corrected chi connectivity index (χ4v) is 5.14. The van der Waals surface area contributed by atoms with Gasteiger partial charge in [-0.25, -0.2) is 17.2 Å². The van der Waals surface area contributed by atoms with Gasteiger partial charge in [-0.1, -0.05) is 18.5 Å². The second-order valence-corrected chi connectivity index (χ2v) is 9.70. The predicted octanol–water partition coefficient (Wildman–Crippen LogP) is 3.65. The van der Waals surface area contributed by atoms with Crippen LogP contribution in [0.1, 0.15) is 30.1 Å². The first-order chi connectivity index (χ1) is 14.1. The Balaban J connectivity index is 1.90. The summed E-state index contributed by atoms with van der Waals surface area (Å²) >= 11 is 5.69. The van der Waals surface area contributed by atoms with Gasteiger partial charge in [0.2, 0.25) is 10.0 Å². The average Bonchev–Trinajstić information content (AvgIpc) is 2.86. The highest BCUT2D eigenvalue weighted by Crippen LogP contribution is 2.26. The van der Waals surface area contributed by atoms with E-state index in [2.05, 4.69) is 5.32 Å². The van der Waals surface area contributed by atoms with Crippen LogP contribution in [0.5, 0.6) is 0 Å². The molecule has 30 heavy (non-hydrogen) atoms. The number of nitrogens with one attached hydrogen (secondary N) is 1. The molecule has 2 N–H and O–H groups in total. The van der Waals surface area contributed by atoms with Crippen molar-refractivity contribution in [3.63, 3.8) is 0 Å². The summed E-state index contributed by atoms with van der Waals surface area (Å²) in [6.45, 7) is 1.86. The van der Waals surface area contributed by atoms with Crippen molar-refractivity contribution in [1.82, 2.24) is 4.31 Å². The number of aliphatic hydroxyl groups is 1. The van der Waals surface area contributed by atoms with E-state index in [1.807, 2.05) is 6.92 Å². The Morgan fingerprint density at radius 3 is 2.53 bits per heavy atom. The number of benzene rings is 2. The summed E-state index contributed by atoms with van der Waals surface area (Å²) < 4.78 is 54.9. The van der Waals surface area contributed by atoms with Crippen LogP contribution in [0.2, 0.25) is 5.02 Å². The molecule has 1 aliphatic rings. The van der Waals surface area contributed by atoms with Crippen molar-refractivity contribution < 1.29 is 27.1 Å². The average molecular weight is 459 g/mol. The molecule has 10 heteroatoms. The number of aliphatic hydroxyl groups excluding tert-OH is 1. The molecule has 0 spiro atoms. The van der Waals surface area contributed by atoms with Gasteiger partial charge in [0.05, 0.1) is 11.1 Å². The molecular weight excluding hydrogens is 438 g/mol. The number of hydrogen-bond donors (Lipinski definition) is 2. The first kappa shape index (κ1) is 22.6. The number of halogens is 3. The van der Waals surface area contributed by atoms with Gasteiger partial charge in [-0.2, -0.15) is 4.31 Å². The lowest BCUT2D eigenvalue weighted by molar-refractivity contribution is 0.102. The highest BCUT2D eigenvalue weighted by atomic mass is 35.5. The smallest absolute Gasteiger partial charge is 0.255 e. The molecule has 162 valence electrons. The van der Waals surface area contributed by atoms with Crippen LogP contribution in [0.3, 0.4) is 0 Å². The quantitative estimate of drug-likeness (QED) is 0.732. The molecule has 0 aliphatic carbocycles. The van der Waals surface area contributed by atoms with E-state index in [1.165, 1.54) is 12.1 Å². The van der Waals surface area contributed by atoms with Crippen molar-refractivity contribution in [2.75, 3.05) is 18.4 Å². The lowest BCUT2D eigenvalue weighted by atomic mass is 10.1. The second-order valence-electron chi connectivity index (χ2n) is 7.39. The lowest BCUT2D eigenvalue weighted by Gasteiger charge is -2.23. The van der Waals surface area contributed by atoms with Gasteiger partial charge in [0.1, 0.15) is 16.5 Å². The van der Waals surface area contributed by atoms with Crippen molar-refractivity contribution in [2.45, 2.75) is 30.8 Å². The Morgan fingerprint density at radius 2 is 1.83 bits per heavy atom. The van der Waals surface area contributed by atoms with Crippen LogP contribution >= 0.6 is 11.6 Å². The van der Waals surface area contributed by atoms with Gasteiger partial charge in [0.25, 0.3) is 5.91 Å². The number of nitrogens with zero attached hydrogens (tertiary/aromatic N) is 1. The molecule has 1 saturated heterocycles. The second kappa shape index (κ2) is 8.97. The van der Waals surface area contributed by atoms with E-state index in [0.29, 0.717) is 12.8 Å². The fourth-order valence-electron chi connectivity index (χ4n) is 3.27. The maximum atomic E-state index is 14.4. The third kappa shape index (κ3) is 4.97. The highest BCUT2D eigenvalue weighted by molar-refractivity contribution is 7.89. The summed E-state index contributed by atoms with van der Waals surface area (Å²) in [5.41, 5.74) is 0.100. The maximum absolute atomic E-state index is 14.4. The molecule has 0 aromatic heterocycles. The summed E-state index contributed by atoms with van der Waals surface area (Å²) in [6.07, 6.45) is 0.263. The Labute approximate surface area is 178 Å². The molecule has 1 fully saturated rings. The number of hydrogen-bond acceptors (Lipinski definition) is 4. The van der Waals surface area contributed by atoms with Crippen molar-refractivity contribution in [2.24, 2.45) is 5.92 Å². The third-order valence-corrected chi connectivity index (χ3v) is 7.05. The van der Waals surface area contributed by atoms with Crippen LogP contribution in [-0.2, 0) is 10.0 Å². The van der Waals surface area contributed by atoms with Crippen LogP contribution < -0.4 is 5.32 Å². The maximum Gasteiger partial charge on any atom is 0.255 e. The number of rotatable bonds is 4. The number of sulfonamides is 1. The van der Waals surface area contributed by atoms with Crippen LogP contribution in [0.4, 0.5) is 14.5 Å². The molecule has 0 bridgehead atoms. The third-order valence-electron chi connectivity index (χ3n) is 4.91. The Kier molecular flexibility index (Phi) is 6.76. The molecule has 1 heterocycles. The van der Waals surface area contributed by atoms with Crippen molar-refractivity contribution in [3.8, 4) is 0 Å². The summed E-state index contributed by atoms with van der Waals surface area (Å²) in [5, 5.41) is 12.3. The van der Waals surface area contributed by atoms with Crippen LogP contribution in [0, 0.1) is 17.6 Å². The normalized spacial score (nSPS) is 20.6. The molecule has 2 aromatic carbocycles. The monoisotopic (exact) mass is 458 g/mol. The van der Waals surface area contributed by atoms with Gasteiger partial charge in [-0.3, -0.25) is 4.79 Å². The van der Waals surface area contributed by atoms with Crippen molar-refractivity contribution in [1.29, 1.82) is 0 Å². The molecule has 0 radical (unpaired) electrons. The fraction of sp³-hybridized carbons (Fsp3) is 0.350. The van der Waals surface area contributed by atoms with Gasteiger partial charge in [-0.15, -0.1) is 0 Å². The largest absolute Gasteiger partial charge is 0.392 e. The topological polar surface area (TPSA) is 86.7 Å². The van der Waals surface area contributed by atoms with E-state index in [9.17, 15) is 27.1 Å². The Morgan fingerprint density at radius 1 is 1.13 bits per heavy atom. The van der Waals surface area contributed by atoms with Crippen LogP contribution in [-0.4, -0.2) is 42.9 Å². The summed E-state index contributed by atoms with van der Waals surface area (Å²) in [7, 11) is -4.28. The zero-order chi connectivity index (χ0) is 22.1. The summed E-state index contributed by atoms with van der Waals surface area (Å²) in [4.78, 5) is 11.9. The minimum absolute atomic E-state index is 0.00491. The van der Waals surface area contributed by atoms with E-state index in [-0.39, 0.29) is 35.3 Å². The van der Waals surface area contributed by atoms with Gasteiger partial charge in [0, 0.05) is 24.3 Å². The van der Waals surface area contributed by atoms with Crippen molar-refractivity contribution >= 4 is 33.2 Å². The van der Waals surface area contributed by atoms with Crippen LogP contribution in [0.15, 0.2) is 41.3 Å². The Hall–Kier alpha value is -2.07. The predicted molar refractivity (Wildman–Crippen MR) is 109 cm³/mol. The van der Waals surface area contributed by atoms with Gasteiger partial charge >= 0.3 is 0 Å². The summed E-state index contributed by atoms with van der Waals surface area (Å²) in [6, 6.07) is 6.57. The Bertz CT molecular complexity index is 1050. The molecule has 2 aromatic rings. The standard InChI is InChI=1S/C20H21ClF2N2O4S/c1-12-2-5-15(26)11-25(10-12)30(28,29)19-8-13(3-6-18(19)23)20(27)24-14-4-7-17(22)16(21)9-14/h3-4,6-9,12,15,26H,2,5,10-11H2,1H3,(H,24,27)/t12-,15+/m0/s1. The number of carbonyl (C=O) groups excluding carboxylic acids is 1. The number of anilines is 1. The summed E-state index contributed by atoms with van der Waals surface area (Å²) in [5.74, 6) is -2.37. The number of amides is 1. The first-order valence-electron chi connectivity index (χ1n) is 9.32. The van der Waals surface area contributed by atoms with E-state index in [4.69, 9.17) is 11.6 Å². The first-order valence-corrected chi connectivity index (χ1v) is 11.1. The minimum Gasteiger partial charge on any atom is -0.392 e. The molecule has 1 aliphatic heterocycles. The molecular formula is C20H21ClF2N2O4S. The van der Waals surface area contributed by atoms with E-state index >= 15 is 0 Å². The molecule has 1 amide bonds. The molecule has 0 saturated carbocycles. The number of β-amino-alcohol motifs (C(OH)–C–C–N with tert-alkyl or cyclic N) is 1. The zero-order valence-corrected chi connectivity index (χ0v) is 17.7. The molecule has 6 nitrogen and oxygen atoms in total. The lowest BCUT2D eigenvalue weighted by Crippen LogP contribution is -2.38. The SMILES string of the molecule is C[C@H]1CC[C@@H](O)CN(S(=O)(=O)c2cc(C(=O)Nc3ccc(F)c(Cl)c3)ccc2F)C1. The van der Waals surface area contributed by atoms with Crippen molar-refractivity contribution in [3.05, 3.63) is 58.6 Å². The molecule has 0 unspecified atom stereocenters.